The summed E-state index contributed by atoms with van der Waals surface area (Å²) in [4.78, 5) is 16.4. The Morgan fingerprint density at radius 1 is 1.10 bits per heavy atom. The van der Waals surface area contributed by atoms with E-state index in [1.165, 1.54) is 6.33 Å². The highest BCUT2D eigenvalue weighted by atomic mass is 35.5. The second-order valence-corrected chi connectivity index (χ2v) is 8.58. The van der Waals surface area contributed by atoms with E-state index in [2.05, 4.69) is 15.2 Å². The second-order valence-electron chi connectivity index (χ2n) is 8.15. The number of hydrogen-bond acceptors (Lipinski definition) is 4. The van der Waals surface area contributed by atoms with Gasteiger partial charge in [0.15, 0.2) is 5.92 Å². The van der Waals surface area contributed by atoms with Crippen molar-refractivity contribution in [3.63, 3.8) is 0 Å². The first-order valence-corrected chi connectivity index (χ1v) is 9.86. The summed E-state index contributed by atoms with van der Waals surface area (Å²) in [5.41, 5.74) is -0.237. The SMILES string of the molecule is CC(C)(C)C(=CC(O)(c1ccc(Cl)cc1)C(C(=O)O)c1ncn[nH]1)c1ccccc1. The van der Waals surface area contributed by atoms with E-state index in [1.54, 1.807) is 30.3 Å². The quantitative estimate of drug-likeness (QED) is 0.534. The average Bonchev–Trinajstić information content (AvgIpc) is 3.20. The van der Waals surface area contributed by atoms with Gasteiger partial charge in [-0.2, -0.15) is 5.10 Å². The first-order chi connectivity index (χ1) is 14.1. The monoisotopic (exact) mass is 425 g/mol. The Hall–Kier alpha value is -2.96. The molecular weight excluding hydrogens is 402 g/mol. The van der Waals surface area contributed by atoms with Crippen LogP contribution in [-0.4, -0.2) is 31.4 Å². The molecule has 2 unspecified atom stereocenters. The molecule has 0 aliphatic rings. The number of carbonyl (C=O) groups is 1. The fourth-order valence-corrected chi connectivity index (χ4v) is 3.61. The van der Waals surface area contributed by atoms with Crippen LogP contribution in [0.4, 0.5) is 0 Å². The Bertz CT molecular complexity index is 1030. The highest BCUT2D eigenvalue weighted by Crippen LogP contribution is 2.43. The maximum Gasteiger partial charge on any atom is 0.317 e. The molecule has 3 N–H and O–H groups in total. The fraction of sp³-hybridized carbons (Fsp3) is 0.261. The van der Waals surface area contributed by atoms with E-state index in [0.717, 1.165) is 11.1 Å². The summed E-state index contributed by atoms with van der Waals surface area (Å²) in [6, 6.07) is 16.1. The van der Waals surface area contributed by atoms with Crippen molar-refractivity contribution in [2.45, 2.75) is 32.3 Å². The van der Waals surface area contributed by atoms with E-state index in [1.807, 2.05) is 51.1 Å². The number of carboxylic acid groups (broad SMARTS) is 1. The number of hydrogen-bond donors (Lipinski definition) is 3. The highest BCUT2D eigenvalue weighted by molar-refractivity contribution is 6.30. The molecule has 30 heavy (non-hydrogen) atoms. The van der Waals surface area contributed by atoms with Crippen LogP contribution in [0.25, 0.3) is 5.57 Å². The molecule has 0 fully saturated rings. The van der Waals surface area contributed by atoms with E-state index < -0.39 is 17.5 Å². The van der Waals surface area contributed by atoms with E-state index in [-0.39, 0.29) is 11.2 Å². The van der Waals surface area contributed by atoms with E-state index in [9.17, 15) is 15.0 Å². The van der Waals surface area contributed by atoms with Crippen LogP contribution in [0.5, 0.6) is 0 Å². The number of H-pyrrole nitrogens is 1. The van der Waals surface area contributed by atoms with Crippen LogP contribution in [0.3, 0.4) is 0 Å². The average molecular weight is 426 g/mol. The topological polar surface area (TPSA) is 99.1 Å². The van der Waals surface area contributed by atoms with Gasteiger partial charge in [0.05, 0.1) is 0 Å². The number of carboxylic acids is 1. The Kier molecular flexibility index (Phi) is 6.10. The van der Waals surface area contributed by atoms with Gasteiger partial charge in [-0.1, -0.05) is 74.8 Å². The van der Waals surface area contributed by atoms with E-state index >= 15 is 0 Å². The van der Waals surface area contributed by atoms with Crippen LogP contribution >= 0.6 is 11.6 Å². The van der Waals surface area contributed by atoms with Crippen LogP contribution in [0, 0.1) is 5.41 Å². The molecular formula is C23H24ClN3O3. The molecule has 2 aromatic carbocycles. The molecule has 0 spiro atoms. The number of aliphatic hydroxyl groups is 1. The number of benzene rings is 2. The molecule has 156 valence electrons. The number of aromatic amines is 1. The predicted molar refractivity (Wildman–Crippen MR) is 116 cm³/mol. The number of rotatable bonds is 6. The molecule has 0 saturated heterocycles. The van der Waals surface area contributed by atoms with Crippen LogP contribution < -0.4 is 0 Å². The summed E-state index contributed by atoms with van der Waals surface area (Å²) >= 11 is 6.04. The Morgan fingerprint density at radius 3 is 2.23 bits per heavy atom. The summed E-state index contributed by atoms with van der Waals surface area (Å²) in [6.07, 6.45) is 2.84. The minimum Gasteiger partial charge on any atom is -0.481 e. The van der Waals surface area contributed by atoms with Gasteiger partial charge in [0.1, 0.15) is 17.8 Å². The van der Waals surface area contributed by atoms with Crippen LogP contribution in [0.1, 0.15) is 43.6 Å². The lowest BCUT2D eigenvalue weighted by atomic mass is 9.74. The summed E-state index contributed by atoms with van der Waals surface area (Å²) < 4.78 is 0. The zero-order valence-electron chi connectivity index (χ0n) is 17.0. The minimum absolute atomic E-state index is 0.0533. The molecule has 7 heteroatoms. The third kappa shape index (κ3) is 4.45. The van der Waals surface area contributed by atoms with Gasteiger partial charge in [0, 0.05) is 5.02 Å². The Morgan fingerprint density at radius 2 is 1.73 bits per heavy atom. The number of allylic oxidation sites excluding steroid dienone is 1. The normalized spacial score (nSPS) is 15.4. The maximum atomic E-state index is 12.3. The van der Waals surface area contributed by atoms with Gasteiger partial charge in [-0.05, 0) is 40.3 Å². The van der Waals surface area contributed by atoms with Crippen molar-refractivity contribution in [2.24, 2.45) is 5.41 Å². The molecule has 0 aliphatic heterocycles. The van der Waals surface area contributed by atoms with Crippen molar-refractivity contribution >= 4 is 23.1 Å². The second kappa shape index (κ2) is 8.42. The standard InChI is InChI=1S/C23H24ClN3O3/c1-22(2,3)18(15-7-5-4-6-8-15)13-23(30,16-9-11-17(24)12-10-16)19(21(28)29)20-25-14-26-27-20/h4-14,19,30H,1-3H3,(H,28,29)(H,25,26,27). The third-order valence-electron chi connectivity index (χ3n) is 4.96. The molecule has 6 nitrogen and oxygen atoms in total. The van der Waals surface area contributed by atoms with Gasteiger partial charge in [-0.15, -0.1) is 0 Å². The van der Waals surface area contributed by atoms with Crippen molar-refractivity contribution in [1.82, 2.24) is 15.2 Å². The first kappa shape index (κ1) is 21.7. The summed E-state index contributed by atoms with van der Waals surface area (Å²) in [6.45, 7) is 6.04. The van der Waals surface area contributed by atoms with Crippen molar-refractivity contribution in [2.75, 3.05) is 0 Å². The van der Waals surface area contributed by atoms with Crippen LogP contribution in [0.2, 0.25) is 5.02 Å². The number of nitrogens with zero attached hydrogens (tertiary/aromatic N) is 2. The van der Waals surface area contributed by atoms with Crippen LogP contribution in [-0.2, 0) is 10.4 Å². The van der Waals surface area contributed by atoms with Gasteiger partial charge in [0.25, 0.3) is 0 Å². The number of nitrogens with one attached hydrogen (secondary N) is 1. The number of aliphatic carboxylic acids is 1. The molecule has 0 bridgehead atoms. The lowest BCUT2D eigenvalue weighted by Gasteiger charge is -2.34. The molecule has 0 amide bonds. The largest absolute Gasteiger partial charge is 0.481 e. The van der Waals surface area contributed by atoms with Crippen molar-refractivity contribution in [3.05, 3.63) is 89.0 Å². The zero-order chi connectivity index (χ0) is 21.9. The maximum absolute atomic E-state index is 12.3. The zero-order valence-corrected chi connectivity index (χ0v) is 17.8. The first-order valence-electron chi connectivity index (χ1n) is 9.48. The van der Waals surface area contributed by atoms with E-state index in [0.29, 0.717) is 10.6 Å². The lowest BCUT2D eigenvalue weighted by molar-refractivity contribution is -0.144. The lowest BCUT2D eigenvalue weighted by Crippen LogP contribution is -2.38. The third-order valence-corrected chi connectivity index (χ3v) is 5.21. The molecule has 1 heterocycles. The predicted octanol–water partition coefficient (Wildman–Crippen LogP) is 4.64. The highest BCUT2D eigenvalue weighted by Gasteiger charge is 2.45. The Labute approximate surface area is 180 Å². The molecule has 1 aromatic heterocycles. The molecule has 3 rings (SSSR count). The number of aromatic nitrogens is 3. The minimum atomic E-state index is -1.92. The summed E-state index contributed by atoms with van der Waals surface area (Å²) in [7, 11) is 0. The van der Waals surface area contributed by atoms with Crippen molar-refractivity contribution in [3.8, 4) is 0 Å². The molecule has 0 radical (unpaired) electrons. The summed E-state index contributed by atoms with van der Waals surface area (Å²) in [5.74, 6) is -2.60. The van der Waals surface area contributed by atoms with Gasteiger partial charge in [0.2, 0.25) is 0 Å². The van der Waals surface area contributed by atoms with Gasteiger partial charge in [-0.25, -0.2) is 4.98 Å². The van der Waals surface area contributed by atoms with E-state index in [4.69, 9.17) is 11.6 Å². The smallest absolute Gasteiger partial charge is 0.317 e. The molecule has 0 aliphatic carbocycles. The van der Waals surface area contributed by atoms with Crippen molar-refractivity contribution < 1.29 is 15.0 Å². The Balaban J connectivity index is 2.31. The number of halogens is 1. The van der Waals surface area contributed by atoms with Crippen LogP contribution in [0.15, 0.2) is 67.0 Å². The molecule has 2 atom stereocenters. The summed E-state index contributed by atoms with van der Waals surface area (Å²) in [5, 5.41) is 28.9. The molecule has 3 aromatic rings. The van der Waals surface area contributed by atoms with Gasteiger partial charge in [-0.3, -0.25) is 9.89 Å². The van der Waals surface area contributed by atoms with Gasteiger partial charge < -0.3 is 10.2 Å². The van der Waals surface area contributed by atoms with Gasteiger partial charge >= 0.3 is 5.97 Å². The fourth-order valence-electron chi connectivity index (χ4n) is 3.49. The van der Waals surface area contributed by atoms with Crippen molar-refractivity contribution in [1.29, 1.82) is 0 Å². The molecule has 0 saturated carbocycles.